The van der Waals surface area contributed by atoms with Gasteiger partial charge in [-0.15, -0.1) is 0 Å². The van der Waals surface area contributed by atoms with Crippen LogP contribution in [0.3, 0.4) is 0 Å². The number of Topliss-reactive ketones (excluding diaryl/α,β-unsaturated/α-hetero) is 1. The number of fused-ring (bicyclic) bond motifs is 1. The van der Waals surface area contributed by atoms with E-state index in [9.17, 15) is 14.7 Å². The average Bonchev–Trinajstić information content (AvgIpc) is 2.58. The maximum atomic E-state index is 11.0. The van der Waals surface area contributed by atoms with E-state index in [0.29, 0.717) is 5.69 Å². The van der Waals surface area contributed by atoms with Crippen molar-refractivity contribution in [2.75, 3.05) is 0 Å². The zero-order valence-corrected chi connectivity index (χ0v) is 8.23. The van der Waals surface area contributed by atoms with Crippen LogP contribution in [-0.4, -0.2) is 26.9 Å². The zero-order chi connectivity index (χ0) is 11.7. The lowest BCUT2D eigenvalue weighted by atomic mass is 10.2. The average molecular weight is 219 g/mol. The second-order valence-electron chi connectivity index (χ2n) is 3.47. The first-order valence-corrected chi connectivity index (χ1v) is 4.63. The molecule has 1 aromatic heterocycles. The van der Waals surface area contributed by atoms with E-state index in [1.807, 2.05) is 0 Å². The molecule has 0 saturated heterocycles. The summed E-state index contributed by atoms with van der Waals surface area (Å²) < 4.78 is 0. The monoisotopic (exact) mass is 219 g/mol. The fourth-order valence-corrected chi connectivity index (χ4v) is 1.52. The summed E-state index contributed by atoms with van der Waals surface area (Å²) in [5.41, 5.74) is 1.28. The summed E-state index contributed by atoms with van der Waals surface area (Å²) in [7, 11) is 0. The number of carbonyl (C=O) groups excluding carboxylic acids is 1. The molecule has 0 atom stereocenters. The molecular weight excluding hydrogens is 210 g/mol. The van der Waals surface area contributed by atoms with E-state index in [0.717, 1.165) is 10.9 Å². The Hall–Kier alpha value is -2.30. The number of hydrogen-bond acceptors (Lipinski definition) is 3. The number of hydrogen-bond donors (Lipinski definition) is 3. The van der Waals surface area contributed by atoms with Gasteiger partial charge in [0, 0.05) is 16.6 Å². The van der Waals surface area contributed by atoms with Crippen molar-refractivity contribution >= 4 is 22.7 Å². The highest BCUT2D eigenvalue weighted by Gasteiger charge is 2.13. The van der Waals surface area contributed by atoms with E-state index in [4.69, 9.17) is 5.11 Å². The van der Waals surface area contributed by atoms with E-state index in [2.05, 4.69) is 4.98 Å². The van der Waals surface area contributed by atoms with E-state index in [1.54, 1.807) is 18.2 Å². The minimum Gasteiger partial charge on any atom is -0.508 e. The number of carbonyl (C=O) groups is 2. The molecule has 0 amide bonds. The summed E-state index contributed by atoms with van der Waals surface area (Å²) in [6.07, 6.45) is -0.176. The van der Waals surface area contributed by atoms with Crippen LogP contribution >= 0.6 is 0 Å². The quantitative estimate of drug-likeness (QED) is 0.673. The molecule has 5 nitrogen and oxygen atoms in total. The number of phenolic OH excluding ortho intramolecular Hbond substituents is 1. The standard InChI is InChI=1S/C11H9NO4/c13-8-1-2-9-6(4-8)3-7(12-9)5-10(14)11(15)16/h1-4,12-13H,5H2,(H,15,16). The summed E-state index contributed by atoms with van der Waals surface area (Å²) in [5, 5.41) is 18.4. The normalized spacial score (nSPS) is 10.5. The summed E-state index contributed by atoms with van der Waals surface area (Å²) in [4.78, 5) is 24.3. The molecule has 0 aliphatic heterocycles. The number of rotatable bonds is 3. The molecular formula is C11H9NO4. The smallest absolute Gasteiger partial charge is 0.372 e. The lowest BCUT2D eigenvalue weighted by molar-refractivity contribution is -0.148. The van der Waals surface area contributed by atoms with Gasteiger partial charge in [-0.2, -0.15) is 0 Å². The first-order chi connectivity index (χ1) is 7.56. The Morgan fingerprint density at radius 1 is 1.25 bits per heavy atom. The molecule has 0 aliphatic rings. The molecule has 0 unspecified atom stereocenters. The van der Waals surface area contributed by atoms with E-state index in [1.165, 1.54) is 6.07 Å². The largest absolute Gasteiger partial charge is 0.508 e. The topological polar surface area (TPSA) is 90.4 Å². The van der Waals surface area contributed by atoms with Crippen molar-refractivity contribution in [2.45, 2.75) is 6.42 Å². The van der Waals surface area contributed by atoms with Gasteiger partial charge < -0.3 is 15.2 Å². The highest BCUT2D eigenvalue weighted by molar-refractivity contribution is 6.33. The fourth-order valence-electron chi connectivity index (χ4n) is 1.52. The van der Waals surface area contributed by atoms with E-state index >= 15 is 0 Å². The maximum Gasteiger partial charge on any atom is 0.372 e. The van der Waals surface area contributed by atoms with Crippen LogP contribution in [0.15, 0.2) is 24.3 Å². The summed E-state index contributed by atoms with van der Waals surface area (Å²) in [6.45, 7) is 0. The van der Waals surface area contributed by atoms with Crippen LogP contribution in [0.5, 0.6) is 5.75 Å². The van der Waals surface area contributed by atoms with Crippen molar-refractivity contribution in [3.8, 4) is 5.75 Å². The van der Waals surface area contributed by atoms with Gasteiger partial charge in [0.1, 0.15) is 5.75 Å². The lowest BCUT2D eigenvalue weighted by Crippen LogP contribution is -2.15. The van der Waals surface area contributed by atoms with Gasteiger partial charge in [-0.25, -0.2) is 4.79 Å². The van der Waals surface area contributed by atoms with E-state index < -0.39 is 11.8 Å². The molecule has 2 aromatic rings. The predicted molar refractivity (Wildman–Crippen MR) is 56.3 cm³/mol. The van der Waals surface area contributed by atoms with Gasteiger partial charge in [0.05, 0.1) is 6.42 Å². The van der Waals surface area contributed by atoms with Crippen LogP contribution in [0.4, 0.5) is 0 Å². The van der Waals surface area contributed by atoms with Gasteiger partial charge in [0.15, 0.2) is 0 Å². The molecule has 0 fully saturated rings. The number of aliphatic carboxylic acids is 1. The molecule has 5 heteroatoms. The Kier molecular flexibility index (Phi) is 2.36. The minimum absolute atomic E-state index is 0.127. The van der Waals surface area contributed by atoms with Crippen LogP contribution in [0.1, 0.15) is 5.69 Å². The van der Waals surface area contributed by atoms with Gasteiger partial charge in [0.25, 0.3) is 0 Å². The Morgan fingerprint density at radius 2 is 2.00 bits per heavy atom. The van der Waals surface area contributed by atoms with Crippen LogP contribution in [-0.2, 0) is 16.0 Å². The third-order valence-corrected chi connectivity index (χ3v) is 2.25. The first kappa shape index (κ1) is 10.2. The van der Waals surface area contributed by atoms with E-state index in [-0.39, 0.29) is 12.2 Å². The number of ketones is 1. The van der Waals surface area contributed by atoms with Crippen molar-refractivity contribution in [3.63, 3.8) is 0 Å². The summed E-state index contributed by atoms with van der Waals surface area (Å²) in [6, 6.07) is 6.37. The highest BCUT2D eigenvalue weighted by Crippen LogP contribution is 2.20. The number of aromatic hydroxyl groups is 1. The molecule has 0 aliphatic carbocycles. The minimum atomic E-state index is -1.44. The summed E-state index contributed by atoms with van der Waals surface area (Å²) >= 11 is 0. The Bertz CT molecular complexity index is 570. The summed E-state index contributed by atoms with van der Waals surface area (Å²) in [5.74, 6) is -2.18. The molecule has 1 heterocycles. The fraction of sp³-hybridized carbons (Fsp3) is 0.0909. The van der Waals surface area contributed by atoms with Crippen LogP contribution in [0.2, 0.25) is 0 Å². The molecule has 0 spiro atoms. The Labute approximate surface area is 90.3 Å². The molecule has 1 aromatic carbocycles. The van der Waals surface area contributed by atoms with Crippen molar-refractivity contribution in [2.24, 2.45) is 0 Å². The van der Waals surface area contributed by atoms with Crippen LogP contribution in [0.25, 0.3) is 10.9 Å². The maximum absolute atomic E-state index is 11.0. The third-order valence-electron chi connectivity index (χ3n) is 2.25. The van der Waals surface area contributed by atoms with Crippen molar-refractivity contribution in [1.82, 2.24) is 4.98 Å². The molecule has 0 radical (unpaired) electrons. The number of benzene rings is 1. The van der Waals surface area contributed by atoms with Crippen molar-refractivity contribution < 1.29 is 19.8 Å². The number of phenols is 1. The molecule has 0 bridgehead atoms. The van der Waals surface area contributed by atoms with Gasteiger partial charge in [-0.1, -0.05) is 0 Å². The molecule has 0 saturated carbocycles. The second kappa shape index (κ2) is 3.69. The number of H-pyrrole nitrogens is 1. The van der Waals surface area contributed by atoms with Crippen LogP contribution in [0, 0.1) is 0 Å². The van der Waals surface area contributed by atoms with Gasteiger partial charge >= 0.3 is 5.97 Å². The number of aromatic amines is 1. The lowest BCUT2D eigenvalue weighted by Gasteiger charge is -1.91. The second-order valence-corrected chi connectivity index (χ2v) is 3.47. The van der Waals surface area contributed by atoms with Gasteiger partial charge in [0.2, 0.25) is 5.78 Å². The predicted octanol–water partition coefficient (Wildman–Crippen LogP) is 1.07. The molecule has 2 rings (SSSR count). The first-order valence-electron chi connectivity index (χ1n) is 4.63. The number of nitrogens with one attached hydrogen (secondary N) is 1. The Balaban J connectivity index is 2.33. The number of carboxylic acid groups (broad SMARTS) is 1. The molecule has 82 valence electrons. The van der Waals surface area contributed by atoms with Gasteiger partial charge in [-0.3, -0.25) is 4.79 Å². The Morgan fingerprint density at radius 3 is 2.69 bits per heavy atom. The van der Waals surface area contributed by atoms with Gasteiger partial charge in [-0.05, 0) is 24.3 Å². The van der Waals surface area contributed by atoms with Crippen molar-refractivity contribution in [3.05, 3.63) is 30.0 Å². The SMILES string of the molecule is O=C(O)C(=O)Cc1cc2cc(O)ccc2[nH]1. The van der Waals surface area contributed by atoms with Crippen LogP contribution < -0.4 is 0 Å². The molecule has 16 heavy (non-hydrogen) atoms. The third kappa shape index (κ3) is 1.88. The van der Waals surface area contributed by atoms with Crippen molar-refractivity contribution in [1.29, 1.82) is 0 Å². The number of carboxylic acids is 1. The zero-order valence-electron chi connectivity index (χ0n) is 8.23. The molecule has 3 N–H and O–H groups in total. The highest BCUT2D eigenvalue weighted by atomic mass is 16.4. The number of aromatic nitrogens is 1.